The normalized spacial score (nSPS) is 30.8. The molecule has 1 saturated carbocycles. The van der Waals surface area contributed by atoms with Gasteiger partial charge in [0.25, 0.3) is 0 Å². The Labute approximate surface area is 124 Å². The van der Waals surface area contributed by atoms with E-state index in [1.54, 1.807) is 17.5 Å². The molecule has 0 radical (unpaired) electrons. The van der Waals surface area contributed by atoms with E-state index in [1.165, 1.54) is 25.7 Å². The van der Waals surface area contributed by atoms with Crippen molar-refractivity contribution in [3.05, 3.63) is 16.6 Å². The number of nitrogens with zero attached hydrogens (tertiary/aromatic N) is 1. The molecule has 2 heterocycles. The highest BCUT2D eigenvalue weighted by Gasteiger charge is 2.38. The summed E-state index contributed by atoms with van der Waals surface area (Å²) >= 11 is 1.61. The van der Waals surface area contributed by atoms with Crippen LogP contribution >= 0.6 is 11.3 Å². The monoisotopic (exact) mass is 293 g/mol. The van der Waals surface area contributed by atoms with Gasteiger partial charge in [-0.3, -0.25) is 4.79 Å². The van der Waals surface area contributed by atoms with Crippen molar-refractivity contribution in [3.63, 3.8) is 0 Å². The summed E-state index contributed by atoms with van der Waals surface area (Å²) in [6.45, 7) is 2.09. The van der Waals surface area contributed by atoms with Crippen molar-refractivity contribution in [2.24, 2.45) is 5.92 Å². The lowest BCUT2D eigenvalue weighted by molar-refractivity contribution is -0.123. The smallest absolute Gasteiger partial charge is 0.237 e. The maximum absolute atomic E-state index is 12.5. The summed E-state index contributed by atoms with van der Waals surface area (Å²) in [6.07, 6.45) is 8.84. The first kappa shape index (κ1) is 14.0. The molecule has 0 bridgehead atoms. The third-order valence-electron chi connectivity index (χ3n) is 4.65. The van der Waals surface area contributed by atoms with Crippen molar-refractivity contribution in [2.75, 3.05) is 0 Å². The molecule has 2 N–H and O–H groups in total. The highest BCUT2D eigenvalue weighted by molar-refractivity contribution is 7.09. The van der Waals surface area contributed by atoms with Gasteiger partial charge >= 0.3 is 0 Å². The Morgan fingerprint density at radius 3 is 3.10 bits per heavy atom. The number of carbonyl (C=O) groups excluding carboxylic acids is 1. The van der Waals surface area contributed by atoms with E-state index in [-0.39, 0.29) is 18.0 Å². The maximum atomic E-state index is 12.5. The van der Waals surface area contributed by atoms with Crippen molar-refractivity contribution >= 4 is 17.2 Å². The average molecular weight is 293 g/mol. The molecule has 4 unspecified atom stereocenters. The van der Waals surface area contributed by atoms with Gasteiger partial charge in [-0.15, -0.1) is 11.3 Å². The van der Waals surface area contributed by atoms with E-state index >= 15 is 0 Å². The summed E-state index contributed by atoms with van der Waals surface area (Å²) in [5.41, 5.74) is 0. The van der Waals surface area contributed by atoms with E-state index < -0.39 is 0 Å². The van der Waals surface area contributed by atoms with E-state index in [2.05, 4.69) is 22.5 Å². The van der Waals surface area contributed by atoms with E-state index in [0.29, 0.717) is 12.0 Å². The molecule has 110 valence electrons. The van der Waals surface area contributed by atoms with Crippen molar-refractivity contribution in [1.82, 2.24) is 15.6 Å². The largest absolute Gasteiger partial charge is 0.346 e. The second-order valence-electron chi connectivity index (χ2n) is 5.95. The fourth-order valence-corrected chi connectivity index (χ4v) is 4.31. The Morgan fingerprint density at radius 1 is 1.55 bits per heavy atom. The zero-order valence-corrected chi connectivity index (χ0v) is 12.8. The minimum absolute atomic E-state index is 0.00267. The van der Waals surface area contributed by atoms with Gasteiger partial charge in [0.2, 0.25) is 5.91 Å². The molecule has 4 nitrogen and oxygen atoms in total. The Balaban J connectivity index is 1.59. The van der Waals surface area contributed by atoms with Gasteiger partial charge < -0.3 is 10.6 Å². The lowest BCUT2D eigenvalue weighted by Crippen LogP contribution is -2.44. The highest BCUT2D eigenvalue weighted by atomic mass is 32.1. The standard InChI is InChI=1S/C15H23N3OS/c1-2-11(15-16-7-8-20-15)18-14(19)13-9-10-5-3-4-6-12(10)17-13/h7-8,10-13,17H,2-6,9H2,1H3,(H,18,19). The van der Waals surface area contributed by atoms with Crippen LogP contribution in [0.25, 0.3) is 0 Å². The second-order valence-corrected chi connectivity index (χ2v) is 6.87. The molecule has 3 rings (SSSR count). The van der Waals surface area contributed by atoms with Crippen LogP contribution < -0.4 is 10.6 Å². The fourth-order valence-electron chi connectivity index (χ4n) is 3.54. The molecule has 20 heavy (non-hydrogen) atoms. The lowest BCUT2D eigenvalue weighted by Gasteiger charge is -2.24. The number of amides is 1. The van der Waals surface area contributed by atoms with Crippen molar-refractivity contribution in [2.45, 2.75) is 63.6 Å². The molecule has 1 amide bonds. The van der Waals surface area contributed by atoms with Crippen LogP contribution in [-0.2, 0) is 4.79 Å². The predicted octanol–water partition coefficient (Wildman–Crippen LogP) is 2.63. The molecule has 1 saturated heterocycles. The van der Waals surface area contributed by atoms with Crippen LogP contribution in [0.3, 0.4) is 0 Å². The average Bonchev–Trinajstić information content (AvgIpc) is 3.13. The van der Waals surface area contributed by atoms with Gasteiger partial charge in [0.05, 0.1) is 12.1 Å². The van der Waals surface area contributed by atoms with Gasteiger partial charge in [-0.1, -0.05) is 19.8 Å². The number of fused-ring (bicyclic) bond motifs is 1. The van der Waals surface area contributed by atoms with Crippen LogP contribution in [0.2, 0.25) is 0 Å². The van der Waals surface area contributed by atoms with Crippen LogP contribution in [0.15, 0.2) is 11.6 Å². The van der Waals surface area contributed by atoms with Gasteiger partial charge in [-0.05, 0) is 31.6 Å². The molecular formula is C15H23N3OS. The molecule has 0 spiro atoms. The van der Waals surface area contributed by atoms with Crippen molar-refractivity contribution < 1.29 is 4.79 Å². The SMILES string of the molecule is CCC(NC(=O)C1CC2CCCCC2N1)c1nccs1. The second kappa shape index (κ2) is 6.22. The number of hydrogen-bond acceptors (Lipinski definition) is 4. The Kier molecular flexibility index (Phi) is 4.36. The van der Waals surface area contributed by atoms with Crippen molar-refractivity contribution in [3.8, 4) is 0 Å². The third-order valence-corrected chi connectivity index (χ3v) is 5.54. The summed E-state index contributed by atoms with van der Waals surface area (Å²) in [7, 11) is 0. The topological polar surface area (TPSA) is 54.0 Å². The number of carbonyl (C=O) groups is 1. The van der Waals surface area contributed by atoms with Crippen LogP contribution in [0.5, 0.6) is 0 Å². The van der Waals surface area contributed by atoms with E-state index in [1.807, 2.05) is 5.38 Å². The number of hydrogen-bond donors (Lipinski definition) is 2. The summed E-state index contributed by atoms with van der Waals surface area (Å²) < 4.78 is 0. The molecular weight excluding hydrogens is 270 g/mol. The number of nitrogens with one attached hydrogen (secondary N) is 2. The molecule has 2 fully saturated rings. The molecule has 0 aromatic carbocycles. The third kappa shape index (κ3) is 2.88. The molecule has 4 atom stereocenters. The zero-order chi connectivity index (χ0) is 13.9. The van der Waals surface area contributed by atoms with Crippen LogP contribution in [-0.4, -0.2) is 23.0 Å². The molecule has 1 aliphatic heterocycles. The van der Waals surface area contributed by atoms with Crippen molar-refractivity contribution in [1.29, 1.82) is 0 Å². The number of thiazole rings is 1. The summed E-state index contributed by atoms with van der Waals surface area (Å²) in [5, 5.41) is 9.68. The molecule has 1 aromatic heterocycles. The summed E-state index contributed by atoms with van der Waals surface area (Å²) in [5.74, 6) is 0.862. The van der Waals surface area contributed by atoms with Gasteiger partial charge in [0.15, 0.2) is 0 Å². The molecule has 1 aromatic rings. The molecule has 5 heteroatoms. The number of aromatic nitrogens is 1. The van der Waals surface area contributed by atoms with Crippen LogP contribution in [0.1, 0.15) is 56.5 Å². The first-order valence-electron chi connectivity index (χ1n) is 7.73. The van der Waals surface area contributed by atoms with E-state index in [4.69, 9.17) is 0 Å². The van der Waals surface area contributed by atoms with Gasteiger partial charge in [-0.2, -0.15) is 0 Å². The van der Waals surface area contributed by atoms with E-state index in [0.717, 1.165) is 17.8 Å². The minimum Gasteiger partial charge on any atom is -0.346 e. The highest BCUT2D eigenvalue weighted by Crippen LogP contribution is 2.33. The lowest BCUT2D eigenvalue weighted by atomic mass is 9.85. The van der Waals surface area contributed by atoms with Crippen LogP contribution in [0, 0.1) is 5.92 Å². The maximum Gasteiger partial charge on any atom is 0.237 e. The summed E-state index contributed by atoms with van der Waals surface area (Å²) in [4.78, 5) is 16.8. The van der Waals surface area contributed by atoms with Crippen LogP contribution in [0.4, 0.5) is 0 Å². The zero-order valence-electron chi connectivity index (χ0n) is 12.0. The number of rotatable bonds is 4. The first-order valence-corrected chi connectivity index (χ1v) is 8.61. The Bertz CT molecular complexity index is 434. The van der Waals surface area contributed by atoms with Gasteiger partial charge in [0.1, 0.15) is 5.01 Å². The summed E-state index contributed by atoms with van der Waals surface area (Å²) in [6, 6.07) is 0.628. The molecule has 1 aliphatic carbocycles. The molecule has 2 aliphatic rings. The first-order chi connectivity index (χ1) is 9.78. The quantitative estimate of drug-likeness (QED) is 0.897. The Hall–Kier alpha value is -0.940. The minimum atomic E-state index is -0.00267. The van der Waals surface area contributed by atoms with Gasteiger partial charge in [-0.25, -0.2) is 4.98 Å². The van der Waals surface area contributed by atoms with Gasteiger partial charge in [0, 0.05) is 17.6 Å². The predicted molar refractivity (Wildman–Crippen MR) is 80.6 cm³/mol. The fraction of sp³-hybridized carbons (Fsp3) is 0.733. The van der Waals surface area contributed by atoms with E-state index in [9.17, 15) is 4.79 Å². The Morgan fingerprint density at radius 2 is 2.40 bits per heavy atom.